The molecule has 3 aromatic carbocycles. The van der Waals surface area contributed by atoms with Crippen LogP contribution in [0.25, 0.3) is 0 Å². The molecule has 0 heterocycles. The number of phenols is 3. The Kier molecular flexibility index (Phi) is 5.64. The highest BCUT2D eigenvalue weighted by atomic mass is 16.3. The standard InChI is InChI=1S/C25H28O3/c1-15-11-19(26)5-8-22(15)18(4)14-25(23-9-6-20(27)12-16(23)2)24-10-7-21(28)13-17(24)3/h5-13,18,25-28H,14H2,1-4H3. The molecule has 0 amide bonds. The van der Waals surface area contributed by atoms with Crippen molar-refractivity contribution in [3.63, 3.8) is 0 Å². The van der Waals surface area contributed by atoms with E-state index in [2.05, 4.69) is 6.92 Å². The lowest BCUT2D eigenvalue weighted by molar-refractivity contribution is 0.474. The fourth-order valence-electron chi connectivity index (χ4n) is 4.22. The highest BCUT2D eigenvalue weighted by Crippen LogP contribution is 2.40. The van der Waals surface area contributed by atoms with Gasteiger partial charge in [0.15, 0.2) is 0 Å². The van der Waals surface area contributed by atoms with Gasteiger partial charge in [0.1, 0.15) is 17.2 Å². The third kappa shape index (κ3) is 4.14. The van der Waals surface area contributed by atoms with Crippen molar-refractivity contribution in [3.8, 4) is 17.2 Å². The number of hydrogen-bond acceptors (Lipinski definition) is 3. The predicted octanol–water partition coefficient (Wildman–Crippen LogP) is 6.05. The molecule has 0 fully saturated rings. The van der Waals surface area contributed by atoms with E-state index in [0.717, 1.165) is 23.1 Å². The Hall–Kier alpha value is -2.94. The Morgan fingerprint density at radius 3 is 1.32 bits per heavy atom. The van der Waals surface area contributed by atoms with Crippen LogP contribution >= 0.6 is 0 Å². The molecule has 1 unspecified atom stereocenters. The van der Waals surface area contributed by atoms with Crippen molar-refractivity contribution in [1.82, 2.24) is 0 Å². The minimum Gasteiger partial charge on any atom is -0.508 e. The monoisotopic (exact) mass is 376 g/mol. The van der Waals surface area contributed by atoms with Gasteiger partial charge in [-0.3, -0.25) is 0 Å². The molecule has 1 atom stereocenters. The first-order valence-electron chi connectivity index (χ1n) is 9.64. The second-order valence-corrected chi connectivity index (χ2v) is 7.81. The highest BCUT2D eigenvalue weighted by Gasteiger charge is 2.23. The molecule has 0 aliphatic carbocycles. The van der Waals surface area contributed by atoms with Crippen molar-refractivity contribution < 1.29 is 15.3 Å². The number of phenolic OH excluding ortho intramolecular Hbond substituents is 3. The van der Waals surface area contributed by atoms with Crippen molar-refractivity contribution in [3.05, 3.63) is 88.0 Å². The smallest absolute Gasteiger partial charge is 0.115 e. The van der Waals surface area contributed by atoms with Crippen molar-refractivity contribution in [1.29, 1.82) is 0 Å². The molecule has 0 radical (unpaired) electrons. The van der Waals surface area contributed by atoms with E-state index in [1.807, 2.05) is 39.0 Å². The van der Waals surface area contributed by atoms with E-state index in [9.17, 15) is 15.3 Å². The summed E-state index contributed by atoms with van der Waals surface area (Å²) >= 11 is 0. The average Bonchev–Trinajstić information content (AvgIpc) is 2.60. The molecule has 146 valence electrons. The van der Waals surface area contributed by atoms with Crippen LogP contribution in [-0.4, -0.2) is 15.3 Å². The van der Waals surface area contributed by atoms with Gasteiger partial charge in [-0.2, -0.15) is 0 Å². The molecule has 0 bridgehead atoms. The first kappa shape index (κ1) is 19.8. The summed E-state index contributed by atoms with van der Waals surface area (Å²) in [6, 6.07) is 16.6. The van der Waals surface area contributed by atoms with Gasteiger partial charge in [0.2, 0.25) is 0 Å². The van der Waals surface area contributed by atoms with Crippen molar-refractivity contribution in [2.75, 3.05) is 0 Å². The van der Waals surface area contributed by atoms with Crippen molar-refractivity contribution in [2.24, 2.45) is 0 Å². The number of rotatable bonds is 5. The van der Waals surface area contributed by atoms with Gasteiger partial charge >= 0.3 is 0 Å². The van der Waals surface area contributed by atoms with Crippen LogP contribution in [0.15, 0.2) is 54.6 Å². The quantitative estimate of drug-likeness (QED) is 0.508. The zero-order valence-corrected chi connectivity index (χ0v) is 16.9. The summed E-state index contributed by atoms with van der Waals surface area (Å²) in [7, 11) is 0. The fraction of sp³-hybridized carbons (Fsp3) is 0.280. The Morgan fingerprint density at radius 1 is 0.607 bits per heavy atom. The Morgan fingerprint density at radius 2 is 0.964 bits per heavy atom. The van der Waals surface area contributed by atoms with E-state index in [1.165, 1.54) is 16.7 Å². The van der Waals surface area contributed by atoms with Crippen molar-refractivity contribution in [2.45, 2.75) is 46.0 Å². The van der Waals surface area contributed by atoms with Gasteiger partial charge in [0.05, 0.1) is 0 Å². The Bertz CT molecular complexity index is 940. The fourth-order valence-corrected chi connectivity index (χ4v) is 4.22. The summed E-state index contributed by atoms with van der Waals surface area (Å²) in [5.41, 5.74) is 6.75. The zero-order chi connectivity index (χ0) is 20.4. The van der Waals surface area contributed by atoms with Gasteiger partial charge < -0.3 is 15.3 Å². The van der Waals surface area contributed by atoms with E-state index in [0.29, 0.717) is 0 Å². The van der Waals surface area contributed by atoms with Crippen LogP contribution in [0.3, 0.4) is 0 Å². The summed E-state index contributed by atoms with van der Waals surface area (Å²) in [4.78, 5) is 0. The molecule has 0 aromatic heterocycles. The maximum atomic E-state index is 9.85. The summed E-state index contributed by atoms with van der Waals surface area (Å²) < 4.78 is 0. The minimum atomic E-state index is 0.129. The first-order chi connectivity index (χ1) is 13.3. The second-order valence-electron chi connectivity index (χ2n) is 7.81. The minimum absolute atomic E-state index is 0.129. The molecule has 0 aliphatic rings. The topological polar surface area (TPSA) is 60.7 Å². The molecule has 3 N–H and O–H groups in total. The first-order valence-corrected chi connectivity index (χ1v) is 9.64. The molecule has 3 nitrogen and oxygen atoms in total. The predicted molar refractivity (Wildman–Crippen MR) is 113 cm³/mol. The molecule has 3 aromatic rings. The molecule has 3 rings (SSSR count). The highest BCUT2D eigenvalue weighted by molar-refractivity contribution is 5.46. The molecule has 0 spiro atoms. The van der Waals surface area contributed by atoms with Gasteiger partial charge in [-0.15, -0.1) is 0 Å². The largest absolute Gasteiger partial charge is 0.508 e. The molecular weight excluding hydrogens is 348 g/mol. The van der Waals surface area contributed by atoms with Crippen LogP contribution in [0, 0.1) is 20.8 Å². The molecule has 3 heteroatoms. The molecule has 0 aliphatic heterocycles. The van der Waals surface area contributed by atoms with E-state index in [4.69, 9.17) is 0 Å². The molecule has 0 saturated carbocycles. The summed E-state index contributed by atoms with van der Waals surface area (Å²) in [5, 5.41) is 29.4. The molecule has 28 heavy (non-hydrogen) atoms. The normalized spacial score (nSPS) is 12.3. The summed E-state index contributed by atoms with van der Waals surface area (Å²) in [6.07, 6.45) is 0.878. The van der Waals surface area contributed by atoms with Crippen molar-refractivity contribution >= 4 is 0 Å². The lowest BCUT2D eigenvalue weighted by Gasteiger charge is -2.26. The lowest BCUT2D eigenvalue weighted by atomic mass is 9.78. The van der Waals surface area contributed by atoms with E-state index >= 15 is 0 Å². The maximum Gasteiger partial charge on any atom is 0.115 e. The number of hydrogen-bond donors (Lipinski definition) is 3. The molecule has 0 saturated heterocycles. The third-order valence-corrected chi connectivity index (χ3v) is 5.63. The second kappa shape index (κ2) is 7.97. The van der Waals surface area contributed by atoms with Crippen LogP contribution in [0.2, 0.25) is 0 Å². The number of aromatic hydroxyl groups is 3. The van der Waals surface area contributed by atoms with Gasteiger partial charge in [0.25, 0.3) is 0 Å². The van der Waals surface area contributed by atoms with Gasteiger partial charge in [0, 0.05) is 5.92 Å². The SMILES string of the molecule is Cc1cc(O)ccc1C(C)CC(c1ccc(O)cc1C)c1ccc(O)cc1C. The number of benzene rings is 3. The maximum absolute atomic E-state index is 9.85. The van der Waals surface area contributed by atoms with Crippen LogP contribution in [-0.2, 0) is 0 Å². The number of aryl methyl sites for hydroxylation is 3. The summed E-state index contributed by atoms with van der Waals surface area (Å²) in [5.74, 6) is 1.22. The van der Waals surface area contributed by atoms with Gasteiger partial charge in [-0.05, 0) is 103 Å². The third-order valence-electron chi connectivity index (χ3n) is 5.63. The lowest BCUT2D eigenvalue weighted by Crippen LogP contribution is -2.10. The van der Waals surface area contributed by atoms with Crippen LogP contribution in [0.4, 0.5) is 0 Å². The zero-order valence-electron chi connectivity index (χ0n) is 16.9. The summed E-state index contributed by atoms with van der Waals surface area (Å²) in [6.45, 7) is 8.28. The molecular formula is C25H28O3. The Balaban J connectivity index is 2.05. The van der Waals surface area contributed by atoms with Crippen LogP contribution < -0.4 is 0 Å². The Labute approximate surface area is 166 Å². The average molecular weight is 376 g/mol. The van der Waals surface area contributed by atoms with E-state index < -0.39 is 0 Å². The van der Waals surface area contributed by atoms with Crippen LogP contribution in [0.5, 0.6) is 17.2 Å². The van der Waals surface area contributed by atoms with Gasteiger partial charge in [-0.25, -0.2) is 0 Å². The van der Waals surface area contributed by atoms with E-state index in [-0.39, 0.29) is 29.1 Å². The van der Waals surface area contributed by atoms with Crippen LogP contribution in [0.1, 0.15) is 58.6 Å². The van der Waals surface area contributed by atoms with E-state index in [1.54, 1.807) is 36.4 Å². The van der Waals surface area contributed by atoms with Gasteiger partial charge in [-0.1, -0.05) is 25.1 Å².